The number of non-ortho nitro benzene ring substituents is 1. The first-order valence-electron chi connectivity index (χ1n) is 5.62. The Bertz CT molecular complexity index is 415. The van der Waals surface area contributed by atoms with Crippen LogP contribution >= 0.6 is 0 Å². The van der Waals surface area contributed by atoms with Crippen LogP contribution in [0.25, 0.3) is 0 Å². The molecule has 6 nitrogen and oxygen atoms in total. The van der Waals surface area contributed by atoms with Crippen LogP contribution < -0.4 is 0 Å². The Hall–Kier alpha value is -2.11. The molecule has 0 fully saturated rings. The minimum Gasteiger partial charge on any atom is -0.450 e. The van der Waals surface area contributed by atoms with Crippen molar-refractivity contribution in [2.45, 2.75) is 32.3 Å². The van der Waals surface area contributed by atoms with E-state index < -0.39 is 11.1 Å². The van der Waals surface area contributed by atoms with Gasteiger partial charge in [-0.05, 0) is 31.7 Å². The summed E-state index contributed by atoms with van der Waals surface area (Å²) in [5.74, 6) is 0. The van der Waals surface area contributed by atoms with Crippen molar-refractivity contribution in [3.63, 3.8) is 0 Å². The Morgan fingerprint density at radius 2 is 2.06 bits per heavy atom. The average molecular weight is 253 g/mol. The molecule has 0 unspecified atom stereocenters. The molecular weight excluding hydrogens is 238 g/mol. The van der Waals surface area contributed by atoms with Crippen LogP contribution in [0.3, 0.4) is 0 Å². The first-order valence-corrected chi connectivity index (χ1v) is 5.62. The summed E-state index contributed by atoms with van der Waals surface area (Å²) < 4.78 is 4.57. The zero-order valence-corrected chi connectivity index (χ0v) is 10.0. The highest BCUT2D eigenvalue weighted by atomic mass is 16.7. The molecular formula is C12H15NO5. The van der Waals surface area contributed by atoms with Gasteiger partial charge >= 0.3 is 6.16 Å². The molecule has 0 aliphatic heterocycles. The van der Waals surface area contributed by atoms with Crippen LogP contribution in [0.1, 0.15) is 25.3 Å². The second kappa shape index (κ2) is 6.58. The minimum atomic E-state index is -1.27. The normalized spacial score (nSPS) is 11.8. The number of carbonyl (C=O) groups is 1. The molecule has 0 saturated carbocycles. The van der Waals surface area contributed by atoms with E-state index in [-0.39, 0.29) is 11.8 Å². The van der Waals surface area contributed by atoms with Gasteiger partial charge in [0.25, 0.3) is 5.69 Å². The van der Waals surface area contributed by atoms with E-state index in [0.717, 1.165) is 18.4 Å². The lowest BCUT2D eigenvalue weighted by Gasteiger charge is -2.09. The fourth-order valence-corrected chi connectivity index (χ4v) is 1.61. The topological polar surface area (TPSA) is 89.7 Å². The second-order valence-electron chi connectivity index (χ2n) is 4.01. The van der Waals surface area contributed by atoms with E-state index in [2.05, 4.69) is 4.74 Å². The summed E-state index contributed by atoms with van der Waals surface area (Å²) in [5, 5.41) is 18.8. The lowest BCUT2D eigenvalue weighted by Crippen LogP contribution is -2.12. The van der Waals surface area contributed by atoms with E-state index in [1.54, 1.807) is 19.1 Å². The van der Waals surface area contributed by atoms with E-state index in [9.17, 15) is 14.9 Å². The number of ether oxygens (including phenoxy) is 1. The molecule has 0 bridgehead atoms. The van der Waals surface area contributed by atoms with Crippen molar-refractivity contribution in [2.75, 3.05) is 0 Å². The summed E-state index contributed by atoms with van der Waals surface area (Å²) in [4.78, 5) is 20.3. The van der Waals surface area contributed by atoms with Gasteiger partial charge in [0.2, 0.25) is 0 Å². The molecule has 0 radical (unpaired) electrons. The summed E-state index contributed by atoms with van der Waals surface area (Å²) in [6.45, 7) is 1.70. The highest BCUT2D eigenvalue weighted by molar-refractivity contribution is 5.56. The molecule has 1 rings (SSSR count). The third kappa shape index (κ3) is 4.82. The summed E-state index contributed by atoms with van der Waals surface area (Å²) >= 11 is 0. The van der Waals surface area contributed by atoms with Crippen molar-refractivity contribution in [1.82, 2.24) is 0 Å². The fourth-order valence-electron chi connectivity index (χ4n) is 1.61. The van der Waals surface area contributed by atoms with Crippen LogP contribution in [-0.4, -0.2) is 22.3 Å². The van der Waals surface area contributed by atoms with Gasteiger partial charge in [0.1, 0.15) is 6.10 Å². The van der Waals surface area contributed by atoms with Crippen molar-refractivity contribution in [2.24, 2.45) is 0 Å². The number of nitrogens with zero attached hydrogens (tertiary/aromatic N) is 1. The SMILES string of the molecule is C[C@H](CCCc1ccc([N+](=O)[O-])cc1)OC(=O)O. The third-order valence-corrected chi connectivity index (χ3v) is 2.53. The van der Waals surface area contributed by atoms with Gasteiger partial charge in [-0.1, -0.05) is 12.1 Å². The molecule has 1 atom stereocenters. The second-order valence-corrected chi connectivity index (χ2v) is 4.01. The molecule has 0 aliphatic rings. The van der Waals surface area contributed by atoms with Crippen molar-refractivity contribution in [1.29, 1.82) is 0 Å². The number of carboxylic acid groups (broad SMARTS) is 1. The van der Waals surface area contributed by atoms with Crippen molar-refractivity contribution >= 4 is 11.8 Å². The fraction of sp³-hybridized carbons (Fsp3) is 0.417. The number of nitro groups is 1. The first kappa shape index (κ1) is 14.0. The Balaban J connectivity index is 2.35. The molecule has 6 heteroatoms. The minimum absolute atomic E-state index is 0.0707. The lowest BCUT2D eigenvalue weighted by molar-refractivity contribution is -0.384. The van der Waals surface area contributed by atoms with Crippen LogP contribution in [0.4, 0.5) is 10.5 Å². The molecule has 0 aliphatic carbocycles. The molecule has 0 saturated heterocycles. The number of benzene rings is 1. The summed E-state index contributed by atoms with van der Waals surface area (Å²) in [6.07, 6.45) is 0.541. The highest BCUT2D eigenvalue weighted by Gasteiger charge is 2.08. The van der Waals surface area contributed by atoms with E-state index in [1.807, 2.05) is 0 Å². The standard InChI is InChI=1S/C12H15NO5/c1-9(18-12(14)15)3-2-4-10-5-7-11(8-6-10)13(16)17/h5-9H,2-4H2,1H3,(H,14,15)/t9-/m1/s1. The maximum Gasteiger partial charge on any atom is 0.506 e. The molecule has 0 spiro atoms. The number of hydrogen-bond acceptors (Lipinski definition) is 4. The van der Waals surface area contributed by atoms with Gasteiger partial charge in [0.15, 0.2) is 0 Å². The predicted molar refractivity (Wildman–Crippen MR) is 64.6 cm³/mol. The van der Waals surface area contributed by atoms with E-state index in [0.29, 0.717) is 6.42 Å². The number of nitro benzene ring substituents is 1. The Kier molecular flexibility index (Phi) is 5.10. The van der Waals surface area contributed by atoms with Gasteiger partial charge in [0.05, 0.1) is 4.92 Å². The van der Waals surface area contributed by atoms with E-state index in [1.165, 1.54) is 12.1 Å². The number of aryl methyl sites for hydroxylation is 1. The largest absolute Gasteiger partial charge is 0.506 e. The first-order chi connectivity index (χ1) is 8.49. The molecule has 1 aromatic carbocycles. The van der Waals surface area contributed by atoms with Crippen molar-refractivity contribution in [3.05, 3.63) is 39.9 Å². The van der Waals surface area contributed by atoms with Crippen LogP contribution in [0.15, 0.2) is 24.3 Å². The Morgan fingerprint density at radius 1 is 1.44 bits per heavy atom. The van der Waals surface area contributed by atoms with Crippen molar-refractivity contribution in [3.8, 4) is 0 Å². The monoisotopic (exact) mass is 253 g/mol. The number of rotatable bonds is 6. The maximum absolute atomic E-state index is 10.5. The van der Waals surface area contributed by atoms with E-state index in [4.69, 9.17) is 5.11 Å². The number of hydrogen-bond donors (Lipinski definition) is 1. The van der Waals surface area contributed by atoms with Crippen LogP contribution in [0.2, 0.25) is 0 Å². The smallest absolute Gasteiger partial charge is 0.450 e. The summed E-state index contributed by atoms with van der Waals surface area (Å²) in [7, 11) is 0. The summed E-state index contributed by atoms with van der Waals surface area (Å²) in [5.41, 5.74) is 1.06. The van der Waals surface area contributed by atoms with Crippen molar-refractivity contribution < 1.29 is 19.6 Å². The summed E-state index contributed by atoms with van der Waals surface area (Å²) in [6, 6.07) is 6.35. The zero-order chi connectivity index (χ0) is 13.5. The third-order valence-electron chi connectivity index (χ3n) is 2.53. The van der Waals surface area contributed by atoms with E-state index >= 15 is 0 Å². The Morgan fingerprint density at radius 3 is 2.56 bits per heavy atom. The molecule has 98 valence electrons. The molecule has 1 aromatic rings. The highest BCUT2D eigenvalue weighted by Crippen LogP contribution is 2.14. The Labute approximate surface area is 104 Å². The molecule has 18 heavy (non-hydrogen) atoms. The van der Waals surface area contributed by atoms with Gasteiger partial charge in [-0.15, -0.1) is 0 Å². The van der Waals surface area contributed by atoms with Gasteiger partial charge in [-0.3, -0.25) is 10.1 Å². The molecule has 0 heterocycles. The molecule has 1 N–H and O–H groups in total. The predicted octanol–water partition coefficient (Wildman–Crippen LogP) is 3.00. The van der Waals surface area contributed by atoms with Gasteiger partial charge < -0.3 is 9.84 Å². The lowest BCUT2D eigenvalue weighted by atomic mass is 10.1. The quantitative estimate of drug-likeness (QED) is 0.478. The molecule has 0 aromatic heterocycles. The van der Waals surface area contributed by atoms with Gasteiger partial charge in [-0.25, -0.2) is 4.79 Å². The average Bonchev–Trinajstić information content (AvgIpc) is 2.28. The van der Waals surface area contributed by atoms with Gasteiger partial charge in [0, 0.05) is 12.1 Å². The molecule has 0 amide bonds. The maximum atomic E-state index is 10.5. The van der Waals surface area contributed by atoms with Crippen LogP contribution in [0, 0.1) is 10.1 Å². The zero-order valence-electron chi connectivity index (χ0n) is 10.0. The van der Waals surface area contributed by atoms with Gasteiger partial charge in [-0.2, -0.15) is 0 Å². The van der Waals surface area contributed by atoms with Crippen LogP contribution in [-0.2, 0) is 11.2 Å². The van der Waals surface area contributed by atoms with Crippen LogP contribution in [0.5, 0.6) is 0 Å².